The van der Waals surface area contributed by atoms with Crippen LogP contribution in [0.15, 0.2) is 0 Å². The zero-order valence-electron chi connectivity index (χ0n) is 17.9. The SMILES string of the molecule is CC1CC2C3C4CC4C4(O)CC(O)CCC4(C)C3CCC2(C)[C@]1(O)CCCO. The van der Waals surface area contributed by atoms with Crippen LogP contribution in [0.2, 0.25) is 0 Å². The fourth-order valence-corrected chi connectivity index (χ4v) is 9.50. The molecule has 4 nitrogen and oxygen atoms in total. The maximum Gasteiger partial charge on any atom is 0.0759 e. The van der Waals surface area contributed by atoms with E-state index in [0.29, 0.717) is 48.9 Å². The Balaban J connectivity index is 1.51. The summed E-state index contributed by atoms with van der Waals surface area (Å²) < 4.78 is 0. The lowest BCUT2D eigenvalue weighted by Gasteiger charge is -2.64. The molecule has 0 bridgehead atoms. The van der Waals surface area contributed by atoms with Crippen molar-refractivity contribution >= 4 is 0 Å². The van der Waals surface area contributed by atoms with Crippen molar-refractivity contribution in [3.63, 3.8) is 0 Å². The third-order valence-corrected chi connectivity index (χ3v) is 11.1. The summed E-state index contributed by atoms with van der Waals surface area (Å²) in [6.45, 7) is 7.03. The van der Waals surface area contributed by atoms with E-state index in [2.05, 4.69) is 20.8 Å². The molecule has 5 rings (SSSR count). The summed E-state index contributed by atoms with van der Waals surface area (Å²) in [6.07, 6.45) is 7.65. The highest BCUT2D eigenvalue weighted by Crippen LogP contribution is 2.77. The highest BCUT2D eigenvalue weighted by molar-refractivity contribution is 5.25. The van der Waals surface area contributed by atoms with Crippen LogP contribution in [-0.4, -0.2) is 44.3 Å². The second kappa shape index (κ2) is 5.96. The van der Waals surface area contributed by atoms with Gasteiger partial charge < -0.3 is 20.4 Å². The summed E-state index contributed by atoms with van der Waals surface area (Å²) in [5.74, 6) is 2.83. The van der Waals surface area contributed by atoms with Crippen molar-refractivity contribution in [2.45, 2.75) is 95.9 Å². The Morgan fingerprint density at radius 3 is 2.36 bits per heavy atom. The lowest BCUT2D eigenvalue weighted by Crippen LogP contribution is -2.65. The van der Waals surface area contributed by atoms with Crippen LogP contribution in [0.5, 0.6) is 0 Å². The van der Waals surface area contributed by atoms with Crippen LogP contribution in [-0.2, 0) is 0 Å². The van der Waals surface area contributed by atoms with Gasteiger partial charge in [-0.05, 0) is 97.7 Å². The van der Waals surface area contributed by atoms with Gasteiger partial charge in [-0.1, -0.05) is 20.8 Å². The van der Waals surface area contributed by atoms with Gasteiger partial charge in [0.2, 0.25) is 0 Å². The molecule has 0 saturated heterocycles. The number of hydrogen-bond acceptors (Lipinski definition) is 4. The lowest BCUT2D eigenvalue weighted by molar-refractivity contribution is -0.233. The Hall–Kier alpha value is -0.160. The minimum atomic E-state index is -0.693. The summed E-state index contributed by atoms with van der Waals surface area (Å²) in [6, 6.07) is 0. The molecule has 0 aromatic carbocycles. The van der Waals surface area contributed by atoms with E-state index in [1.807, 2.05) is 0 Å². The first-order valence-electron chi connectivity index (χ1n) is 11.9. The van der Waals surface area contributed by atoms with Crippen LogP contribution in [0.3, 0.4) is 0 Å². The zero-order valence-corrected chi connectivity index (χ0v) is 17.9. The van der Waals surface area contributed by atoms with Gasteiger partial charge in [-0.25, -0.2) is 0 Å². The average Bonchev–Trinajstić information content (AvgIpc) is 3.41. The van der Waals surface area contributed by atoms with E-state index in [1.54, 1.807) is 0 Å². The monoisotopic (exact) mass is 392 g/mol. The van der Waals surface area contributed by atoms with E-state index in [9.17, 15) is 20.4 Å². The van der Waals surface area contributed by atoms with E-state index in [-0.39, 0.29) is 29.5 Å². The van der Waals surface area contributed by atoms with Crippen molar-refractivity contribution < 1.29 is 20.4 Å². The molecule has 0 aromatic rings. The second-order valence-corrected chi connectivity index (χ2v) is 11.9. The van der Waals surface area contributed by atoms with Crippen LogP contribution in [0.25, 0.3) is 0 Å². The number of fused-ring (bicyclic) bond motifs is 8. The molecular formula is C24H40O4. The minimum Gasteiger partial charge on any atom is -0.396 e. The van der Waals surface area contributed by atoms with Gasteiger partial charge in [0.05, 0.1) is 17.3 Å². The third kappa shape index (κ3) is 2.16. The topological polar surface area (TPSA) is 80.9 Å². The Labute approximate surface area is 169 Å². The van der Waals surface area contributed by atoms with E-state index in [4.69, 9.17) is 0 Å². The molecule has 5 fully saturated rings. The summed E-state index contributed by atoms with van der Waals surface area (Å²) in [5.41, 5.74) is -1.53. The van der Waals surface area contributed by atoms with Crippen LogP contribution in [0, 0.1) is 46.3 Å². The summed E-state index contributed by atoms with van der Waals surface area (Å²) in [7, 11) is 0. The smallest absolute Gasteiger partial charge is 0.0759 e. The van der Waals surface area contributed by atoms with Gasteiger partial charge in [0.25, 0.3) is 0 Å². The van der Waals surface area contributed by atoms with E-state index < -0.39 is 11.2 Å². The molecular weight excluding hydrogens is 352 g/mol. The molecule has 5 saturated carbocycles. The summed E-state index contributed by atoms with van der Waals surface area (Å²) in [5, 5.41) is 43.4. The maximum atomic E-state index is 11.8. The number of aliphatic hydroxyl groups excluding tert-OH is 2. The quantitative estimate of drug-likeness (QED) is 0.595. The molecule has 4 heteroatoms. The standard InChI is InChI=1S/C24H40O4/c1-14-11-19-20-16-12-18(16)24(28)13-15(26)5-8-21(24,2)17(20)6-9-22(19,3)23(14,27)7-4-10-25/h14-20,25-28H,4-13H2,1-3H3/t14?,15?,16?,17?,18?,19?,20?,21?,22?,23-,24?/m0/s1. The van der Waals surface area contributed by atoms with Crippen LogP contribution < -0.4 is 0 Å². The Morgan fingerprint density at radius 2 is 1.64 bits per heavy atom. The molecule has 0 spiro atoms. The normalized spacial score (nSPS) is 62.5. The maximum absolute atomic E-state index is 11.8. The molecule has 160 valence electrons. The number of hydrogen-bond donors (Lipinski definition) is 4. The van der Waals surface area contributed by atoms with Gasteiger partial charge in [-0.3, -0.25) is 0 Å². The predicted octanol–water partition coefficient (Wildman–Crippen LogP) is 3.11. The van der Waals surface area contributed by atoms with Crippen molar-refractivity contribution in [1.29, 1.82) is 0 Å². The van der Waals surface area contributed by atoms with E-state index in [1.165, 1.54) is 0 Å². The molecule has 5 aliphatic carbocycles. The Bertz CT molecular complexity index is 653. The summed E-state index contributed by atoms with van der Waals surface area (Å²) in [4.78, 5) is 0. The molecule has 28 heavy (non-hydrogen) atoms. The average molecular weight is 393 g/mol. The molecule has 5 aliphatic rings. The third-order valence-electron chi connectivity index (χ3n) is 11.1. The fraction of sp³-hybridized carbons (Fsp3) is 1.00. The highest BCUT2D eigenvalue weighted by atomic mass is 16.3. The first-order chi connectivity index (χ1) is 13.1. The molecule has 0 amide bonds. The first kappa shape index (κ1) is 19.8. The zero-order chi connectivity index (χ0) is 20.1. The molecule has 4 N–H and O–H groups in total. The lowest BCUT2D eigenvalue weighted by atomic mass is 9.43. The van der Waals surface area contributed by atoms with E-state index >= 15 is 0 Å². The molecule has 0 heterocycles. The highest BCUT2D eigenvalue weighted by Gasteiger charge is 2.76. The van der Waals surface area contributed by atoms with Crippen LogP contribution in [0.1, 0.15) is 78.6 Å². The fourth-order valence-electron chi connectivity index (χ4n) is 9.50. The minimum absolute atomic E-state index is 0.0735. The number of aliphatic hydroxyl groups is 4. The van der Waals surface area contributed by atoms with Crippen molar-refractivity contribution in [2.24, 2.45) is 46.3 Å². The summed E-state index contributed by atoms with van der Waals surface area (Å²) >= 11 is 0. The molecule has 11 atom stereocenters. The van der Waals surface area contributed by atoms with Gasteiger partial charge in [-0.15, -0.1) is 0 Å². The predicted molar refractivity (Wildman–Crippen MR) is 107 cm³/mol. The number of rotatable bonds is 3. The molecule has 10 unspecified atom stereocenters. The largest absolute Gasteiger partial charge is 0.396 e. The molecule has 0 radical (unpaired) electrons. The van der Waals surface area contributed by atoms with Crippen LogP contribution >= 0.6 is 0 Å². The molecule has 0 aromatic heterocycles. The van der Waals surface area contributed by atoms with Gasteiger partial charge >= 0.3 is 0 Å². The van der Waals surface area contributed by atoms with E-state index in [0.717, 1.165) is 38.5 Å². The Morgan fingerprint density at radius 1 is 0.929 bits per heavy atom. The second-order valence-electron chi connectivity index (χ2n) is 11.9. The van der Waals surface area contributed by atoms with Crippen molar-refractivity contribution in [2.75, 3.05) is 6.61 Å². The van der Waals surface area contributed by atoms with Crippen LogP contribution in [0.4, 0.5) is 0 Å². The van der Waals surface area contributed by atoms with Gasteiger partial charge in [0, 0.05) is 13.0 Å². The van der Waals surface area contributed by atoms with Crippen molar-refractivity contribution in [3.8, 4) is 0 Å². The van der Waals surface area contributed by atoms with Gasteiger partial charge in [-0.2, -0.15) is 0 Å². The van der Waals surface area contributed by atoms with Gasteiger partial charge in [0.1, 0.15) is 0 Å². The van der Waals surface area contributed by atoms with Crippen molar-refractivity contribution in [1.82, 2.24) is 0 Å². The van der Waals surface area contributed by atoms with Crippen molar-refractivity contribution in [3.05, 3.63) is 0 Å². The molecule has 0 aliphatic heterocycles. The Kier molecular flexibility index (Phi) is 4.21. The van der Waals surface area contributed by atoms with Gasteiger partial charge in [0.15, 0.2) is 0 Å². The first-order valence-corrected chi connectivity index (χ1v) is 11.9.